The van der Waals surface area contributed by atoms with Gasteiger partial charge in [0.2, 0.25) is 17.7 Å². The number of phenolic OH excluding ortho intramolecular Hbond substituents is 2. The minimum Gasteiger partial charge on any atom is -0.508 e. The summed E-state index contributed by atoms with van der Waals surface area (Å²) in [4.78, 5) is 63.8. The highest BCUT2D eigenvalue weighted by molar-refractivity contribution is 5.94. The molecule has 13 nitrogen and oxygen atoms in total. The van der Waals surface area contributed by atoms with E-state index in [4.69, 9.17) is 10.8 Å². The van der Waals surface area contributed by atoms with Crippen molar-refractivity contribution >= 4 is 29.7 Å². The highest BCUT2D eigenvalue weighted by atomic mass is 16.4. The monoisotopic (exact) mass is 570 g/mol. The number of carboxylic acids is 2. The molecular formula is C28H34N4O9. The Morgan fingerprint density at radius 1 is 0.854 bits per heavy atom. The zero-order valence-electron chi connectivity index (χ0n) is 22.2. The van der Waals surface area contributed by atoms with Gasteiger partial charge in [-0.25, -0.2) is 4.79 Å². The molecule has 220 valence electrons. The van der Waals surface area contributed by atoms with Gasteiger partial charge in [-0.15, -0.1) is 0 Å². The second kappa shape index (κ2) is 14.1. The van der Waals surface area contributed by atoms with Crippen LogP contribution in [0.3, 0.4) is 0 Å². The molecule has 0 aromatic heterocycles. The molecule has 1 fully saturated rings. The summed E-state index contributed by atoms with van der Waals surface area (Å²) in [6.45, 7) is 0.194. The third-order valence-electron chi connectivity index (χ3n) is 6.83. The van der Waals surface area contributed by atoms with E-state index in [0.29, 0.717) is 17.5 Å². The van der Waals surface area contributed by atoms with Crippen molar-refractivity contribution in [2.45, 2.75) is 62.7 Å². The molecule has 41 heavy (non-hydrogen) atoms. The number of amides is 3. The Balaban J connectivity index is 1.76. The van der Waals surface area contributed by atoms with Crippen molar-refractivity contribution in [1.82, 2.24) is 15.5 Å². The Bertz CT molecular complexity index is 1250. The molecule has 1 aliphatic rings. The van der Waals surface area contributed by atoms with E-state index in [0.717, 1.165) is 0 Å². The Hall–Kier alpha value is -4.65. The number of aliphatic carboxylic acids is 2. The molecule has 0 aliphatic carbocycles. The van der Waals surface area contributed by atoms with E-state index in [2.05, 4.69) is 10.6 Å². The van der Waals surface area contributed by atoms with E-state index in [1.54, 1.807) is 24.3 Å². The summed E-state index contributed by atoms with van der Waals surface area (Å²) < 4.78 is 0. The predicted octanol–water partition coefficient (Wildman–Crippen LogP) is 0.120. The molecule has 8 N–H and O–H groups in total. The first kappa shape index (κ1) is 30.9. The second-order valence-corrected chi connectivity index (χ2v) is 9.93. The molecular weight excluding hydrogens is 536 g/mol. The minimum atomic E-state index is -1.29. The van der Waals surface area contributed by atoms with Gasteiger partial charge in [-0.3, -0.25) is 19.2 Å². The number of rotatable bonds is 13. The maximum absolute atomic E-state index is 13.7. The number of carboxylic acid groups (broad SMARTS) is 2. The number of carbonyl (C=O) groups is 5. The minimum absolute atomic E-state index is 0.0000532. The predicted molar refractivity (Wildman–Crippen MR) is 145 cm³/mol. The SMILES string of the molecule is NC(CCC(=O)O)C(=O)NC(Cc1ccc(O)cc1)C(=O)N1CCCC1C(=O)NC(Cc1ccc(O)cc1)C(=O)O. The van der Waals surface area contributed by atoms with Crippen LogP contribution in [0.2, 0.25) is 0 Å². The number of carbonyl (C=O) groups excluding carboxylic acids is 3. The van der Waals surface area contributed by atoms with Crippen LogP contribution in [-0.4, -0.2) is 85.7 Å². The molecule has 0 radical (unpaired) electrons. The Morgan fingerprint density at radius 3 is 1.90 bits per heavy atom. The number of likely N-dealkylation sites (tertiary alicyclic amines) is 1. The lowest BCUT2D eigenvalue weighted by Gasteiger charge is -2.30. The van der Waals surface area contributed by atoms with Crippen LogP contribution in [0.1, 0.15) is 36.8 Å². The first-order valence-corrected chi connectivity index (χ1v) is 13.1. The van der Waals surface area contributed by atoms with Crippen molar-refractivity contribution in [3.05, 3.63) is 59.7 Å². The summed E-state index contributed by atoms with van der Waals surface area (Å²) in [6.07, 6.45) is 0.219. The van der Waals surface area contributed by atoms with Gasteiger partial charge >= 0.3 is 11.9 Å². The first-order valence-electron chi connectivity index (χ1n) is 13.1. The van der Waals surface area contributed by atoms with Crippen LogP contribution in [-0.2, 0) is 36.8 Å². The van der Waals surface area contributed by atoms with Crippen LogP contribution in [0.4, 0.5) is 0 Å². The van der Waals surface area contributed by atoms with Gasteiger partial charge in [0.15, 0.2) is 0 Å². The smallest absolute Gasteiger partial charge is 0.326 e. The lowest BCUT2D eigenvalue weighted by atomic mass is 10.0. The number of aromatic hydroxyl groups is 2. The molecule has 0 saturated carbocycles. The maximum Gasteiger partial charge on any atom is 0.326 e. The van der Waals surface area contributed by atoms with Crippen LogP contribution in [0.25, 0.3) is 0 Å². The average molecular weight is 571 g/mol. The Morgan fingerprint density at radius 2 is 1.39 bits per heavy atom. The molecule has 13 heteroatoms. The lowest BCUT2D eigenvalue weighted by Crippen LogP contribution is -2.57. The lowest BCUT2D eigenvalue weighted by molar-refractivity contribution is -0.145. The van der Waals surface area contributed by atoms with Crippen molar-refractivity contribution < 1.29 is 44.4 Å². The van der Waals surface area contributed by atoms with Crippen LogP contribution >= 0.6 is 0 Å². The Labute approximate surface area is 236 Å². The standard InChI is InChI=1S/C28H34N4O9/c29-20(11-12-24(35)36)25(37)30-21(14-16-3-7-18(33)8-4-16)27(39)32-13-1-2-23(32)26(38)31-22(28(40)41)15-17-5-9-19(34)10-6-17/h3-10,20-23,33-34H,1-2,11-15,29H2,(H,30,37)(H,31,38)(H,35,36)(H,40,41). The van der Waals surface area contributed by atoms with Gasteiger partial charge in [0.1, 0.15) is 29.6 Å². The van der Waals surface area contributed by atoms with Crippen molar-refractivity contribution in [3.8, 4) is 11.5 Å². The van der Waals surface area contributed by atoms with Gasteiger partial charge in [-0.1, -0.05) is 24.3 Å². The summed E-state index contributed by atoms with van der Waals surface area (Å²) in [6, 6.07) is 7.26. The molecule has 1 saturated heterocycles. The van der Waals surface area contributed by atoms with Crippen molar-refractivity contribution in [2.75, 3.05) is 6.54 Å². The van der Waals surface area contributed by atoms with Gasteiger partial charge < -0.3 is 41.7 Å². The molecule has 3 rings (SSSR count). The zero-order valence-corrected chi connectivity index (χ0v) is 22.2. The number of nitrogens with one attached hydrogen (secondary N) is 2. The highest BCUT2D eigenvalue weighted by Gasteiger charge is 2.39. The van der Waals surface area contributed by atoms with E-state index in [-0.39, 0.29) is 50.1 Å². The maximum atomic E-state index is 13.7. The fourth-order valence-corrected chi connectivity index (χ4v) is 4.60. The normalized spacial score (nSPS) is 16.8. The van der Waals surface area contributed by atoms with Gasteiger partial charge in [0.25, 0.3) is 0 Å². The van der Waals surface area contributed by atoms with E-state index >= 15 is 0 Å². The number of nitrogens with zero attached hydrogens (tertiary/aromatic N) is 1. The van der Waals surface area contributed by atoms with E-state index < -0.39 is 53.8 Å². The van der Waals surface area contributed by atoms with Crippen LogP contribution in [0.15, 0.2) is 48.5 Å². The van der Waals surface area contributed by atoms with Crippen LogP contribution in [0.5, 0.6) is 11.5 Å². The fraction of sp³-hybridized carbons (Fsp3) is 0.393. The van der Waals surface area contributed by atoms with Crippen LogP contribution < -0.4 is 16.4 Å². The summed E-state index contributed by atoms with van der Waals surface area (Å²) in [7, 11) is 0. The molecule has 2 aromatic rings. The van der Waals surface area contributed by atoms with Gasteiger partial charge in [-0.05, 0) is 54.7 Å². The molecule has 1 heterocycles. The molecule has 0 spiro atoms. The van der Waals surface area contributed by atoms with Gasteiger partial charge in [0, 0.05) is 25.8 Å². The third-order valence-corrected chi connectivity index (χ3v) is 6.83. The summed E-state index contributed by atoms with van der Waals surface area (Å²) in [5.41, 5.74) is 7.02. The zero-order chi connectivity index (χ0) is 30.1. The number of hydrogen-bond acceptors (Lipinski definition) is 8. The molecule has 2 aromatic carbocycles. The first-order chi connectivity index (χ1) is 19.4. The summed E-state index contributed by atoms with van der Waals surface area (Å²) in [5, 5.41) is 42.7. The summed E-state index contributed by atoms with van der Waals surface area (Å²) in [5.74, 6) is -4.34. The highest BCUT2D eigenvalue weighted by Crippen LogP contribution is 2.21. The number of phenols is 2. The van der Waals surface area contributed by atoms with E-state index in [1.165, 1.54) is 29.2 Å². The van der Waals surface area contributed by atoms with Gasteiger partial charge in [-0.2, -0.15) is 0 Å². The number of nitrogens with two attached hydrogens (primary N) is 1. The molecule has 3 amide bonds. The van der Waals surface area contributed by atoms with Crippen molar-refractivity contribution in [2.24, 2.45) is 5.73 Å². The second-order valence-electron chi connectivity index (χ2n) is 9.93. The average Bonchev–Trinajstić information content (AvgIpc) is 3.43. The van der Waals surface area contributed by atoms with Crippen molar-refractivity contribution in [3.63, 3.8) is 0 Å². The molecule has 4 atom stereocenters. The molecule has 4 unspecified atom stereocenters. The van der Waals surface area contributed by atoms with Gasteiger partial charge in [0.05, 0.1) is 6.04 Å². The Kier molecular flexibility index (Phi) is 10.6. The van der Waals surface area contributed by atoms with Crippen molar-refractivity contribution in [1.29, 1.82) is 0 Å². The third kappa shape index (κ3) is 8.93. The van der Waals surface area contributed by atoms with Crippen LogP contribution in [0, 0.1) is 0 Å². The van der Waals surface area contributed by atoms with E-state index in [1.807, 2.05) is 0 Å². The number of hydrogen-bond donors (Lipinski definition) is 7. The summed E-state index contributed by atoms with van der Waals surface area (Å²) >= 11 is 0. The largest absolute Gasteiger partial charge is 0.508 e. The van der Waals surface area contributed by atoms with E-state index in [9.17, 15) is 39.3 Å². The molecule has 1 aliphatic heterocycles. The quantitative estimate of drug-likeness (QED) is 0.172. The molecule has 0 bridgehead atoms. The number of benzene rings is 2. The fourth-order valence-electron chi connectivity index (χ4n) is 4.60. The topological polar surface area (TPSA) is 220 Å².